The molecule has 0 atom stereocenters. The number of hydrogen-bond acceptors (Lipinski definition) is 2. The van der Waals surface area contributed by atoms with Crippen molar-refractivity contribution in [3.63, 3.8) is 0 Å². The van der Waals surface area contributed by atoms with Gasteiger partial charge in [0.25, 0.3) is 10.1 Å². The van der Waals surface area contributed by atoms with Gasteiger partial charge in [0, 0.05) is 0 Å². The van der Waals surface area contributed by atoms with Gasteiger partial charge >= 0.3 is 0 Å². The molecule has 3 nitrogen and oxygen atoms in total. The number of unbranched alkanes of at least 4 members (excludes halogenated alkanes) is 8. The standard InChI is InChI=1S/C18H28O3S/c1-2-3-4-5-6-7-8-9-10-11-12-17-13-15-18(16-14-17)22(19,20)21/h11-16H,2-10H2,1H3,(H,19,20,21)/b12-11+. The van der Waals surface area contributed by atoms with Gasteiger partial charge in [-0.3, -0.25) is 4.55 Å². The molecule has 0 fully saturated rings. The molecule has 1 aromatic rings. The van der Waals surface area contributed by atoms with Gasteiger partial charge in [-0.25, -0.2) is 0 Å². The fourth-order valence-corrected chi connectivity index (χ4v) is 2.85. The summed E-state index contributed by atoms with van der Waals surface area (Å²) in [7, 11) is -4.09. The van der Waals surface area contributed by atoms with E-state index in [1.807, 2.05) is 6.08 Å². The van der Waals surface area contributed by atoms with Crippen LogP contribution in [0.1, 0.15) is 70.3 Å². The first-order valence-electron chi connectivity index (χ1n) is 8.28. The maximum Gasteiger partial charge on any atom is 0.294 e. The van der Waals surface area contributed by atoms with E-state index in [-0.39, 0.29) is 4.90 Å². The Morgan fingerprint density at radius 3 is 2.00 bits per heavy atom. The Morgan fingerprint density at radius 2 is 1.45 bits per heavy atom. The number of hydrogen-bond donors (Lipinski definition) is 1. The van der Waals surface area contributed by atoms with Crippen LogP contribution >= 0.6 is 0 Å². The molecule has 0 heterocycles. The van der Waals surface area contributed by atoms with Crippen LogP contribution in [0.15, 0.2) is 35.2 Å². The maximum absolute atomic E-state index is 10.9. The minimum atomic E-state index is -4.09. The molecule has 0 bridgehead atoms. The van der Waals surface area contributed by atoms with Crippen molar-refractivity contribution in [2.45, 2.75) is 69.6 Å². The third kappa shape index (κ3) is 8.35. The molecule has 1 N–H and O–H groups in total. The smallest absolute Gasteiger partial charge is 0.282 e. The van der Waals surface area contributed by atoms with Crippen molar-refractivity contribution in [3.8, 4) is 0 Å². The van der Waals surface area contributed by atoms with Gasteiger partial charge in [-0.05, 0) is 30.5 Å². The molecular formula is C18H28O3S. The summed E-state index contributed by atoms with van der Waals surface area (Å²) in [5.41, 5.74) is 0.951. The van der Waals surface area contributed by atoms with Crippen LogP contribution in [0, 0.1) is 0 Å². The van der Waals surface area contributed by atoms with Crippen molar-refractivity contribution in [1.82, 2.24) is 0 Å². The Kier molecular flexibility index (Phi) is 9.09. The third-order valence-corrected chi connectivity index (χ3v) is 4.58. The molecule has 0 aliphatic carbocycles. The van der Waals surface area contributed by atoms with Crippen LogP contribution in [0.2, 0.25) is 0 Å². The second-order valence-corrected chi connectivity index (χ2v) is 7.13. The average Bonchev–Trinajstić information content (AvgIpc) is 2.49. The van der Waals surface area contributed by atoms with Crippen LogP contribution in [0.3, 0.4) is 0 Å². The van der Waals surface area contributed by atoms with Crippen LogP contribution in [-0.4, -0.2) is 13.0 Å². The van der Waals surface area contributed by atoms with Gasteiger partial charge in [-0.2, -0.15) is 8.42 Å². The summed E-state index contributed by atoms with van der Waals surface area (Å²) in [5.74, 6) is 0. The van der Waals surface area contributed by atoms with Gasteiger partial charge in [-0.15, -0.1) is 0 Å². The minimum absolute atomic E-state index is 0.0623. The van der Waals surface area contributed by atoms with Crippen molar-refractivity contribution < 1.29 is 13.0 Å². The molecule has 0 spiro atoms. The van der Waals surface area contributed by atoms with E-state index in [0.29, 0.717) is 0 Å². The van der Waals surface area contributed by atoms with E-state index >= 15 is 0 Å². The van der Waals surface area contributed by atoms with E-state index in [1.165, 1.54) is 63.5 Å². The normalized spacial score (nSPS) is 12.1. The van der Waals surface area contributed by atoms with E-state index in [0.717, 1.165) is 12.0 Å². The predicted molar refractivity (Wildman–Crippen MR) is 92.5 cm³/mol. The number of allylic oxidation sites excluding steroid dienone is 1. The highest BCUT2D eigenvalue weighted by Crippen LogP contribution is 2.13. The highest BCUT2D eigenvalue weighted by atomic mass is 32.2. The van der Waals surface area contributed by atoms with Gasteiger partial charge in [0.2, 0.25) is 0 Å². The third-order valence-electron chi connectivity index (χ3n) is 3.71. The molecule has 4 heteroatoms. The van der Waals surface area contributed by atoms with Crippen LogP contribution in [0.5, 0.6) is 0 Å². The zero-order valence-electron chi connectivity index (χ0n) is 13.5. The summed E-state index contributed by atoms with van der Waals surface area (Å²) >= 11 is 0. The molecule has 0 amide bonds. The van der Waals surface area contributed by atoms with Gasteiger partial charge in [0.15, 0.2) is 0 Å². The summed E-state index contributed by atoms with van der Waals surface area (Å²) in [6.07, 6.45) is 15.7. The van der Waals surface area contributed by atoms with Crippen molar-refractivity contribution >= 4 is 16.2 Å². The van der Waals surface area contributed by atoms with Crippen LogP contribution in [-0.2, 0) is 10.1 Å². The quantitative estimate of drug-likeness (QED) is 0.433. The summed E-state index contributed by atoms with van der Waals surface area (Å²) in [4.78, 5) is -0.0623. The molecule has 1 rings (SSSR count). The summed E-state index contributed by atoms with van der Waals surface area (Å²) < 4.78 is 30.7. The zero-order valence-corrected chi connectivity index (χ0v) is 14.3. The minimum Gasteiger partial charge on any atom is -0.282 e. The molecule has 0 aromatic heterocycles. The van der Waals surface area contributed by atoms with Crippen molar-refractivity contribution in [3.05, 3.63) is 35.9 Å². The predicted octanol–water partition coefficient (Wildman–Crippen LogP) is 5.48. The average molecular weight is 324 g/mol. The topological polar surface area (TPSA) is 54.4 Å². The molecule has 0 aliphatic rings. The lowest BCUT2D eigenvalue weighted by Gasteiger charge is -2.00. The Labute approximate surface area is 135 Å². The molecule has 22 heavy (non-hydrogen) atoms. The molecule has 1 aromatic carbocycles. The van der Waals surface area contributed by atoms with E-state index in [2.05, 4.69) is 13.0 Å². The SMILES string of the molecule is CCCCCCCCCC/C=C/c1ccc(S(=O)(=O)O)cc1. The van der Waals surface area contributed by atoms with E-state index in [9.17, 15) is 8.42 Å². The van der Waals surface area contributed by atoms with Gasteiger partial charge in [0.05, 0.1) is 4.90 Å². The lowest BCUT2D eigenvalue weighted by Crippen LogP contribution is -1.97. The van der Waals surface area contributed by atoms with E-state index in [4.69, 9.17) is 4.55 Å². The summed E-state index contributed by atoms with van der Waals surface area (Å²) in [6, 6.07) is 6.25. The fraction of sp³-hybridized carbons (Fsp3) is 0.556. The van der Waals surface area contributed by atoms with E-state index < -0.39 is 10.1 Å². The Bertz CT molecular complexity index is 530. The number of rotatable bonds is 11. The van der Waals surface area contributed by atoms with Gasteiger partial charge < -0.3 is 0 Å². The summed E-state index contributed by atoms with van der Waals surface area (Å²) in [5, 5.41) is 0. The Morgan fingerprint density at radius 1 is 0.909 bits per heavy atom. The molecule has 0 saturated heterocycles. The second-order valence-electron chi connectivity index (χ2n) is 5.71. The van der Waals surface area contributed by atoms with E-state index in [1.54, 1.807) is 12.1 Å². The molecule has 0 aliphatic heterocycles. The molecule has 124 valence electrons. The summed E-state index contributed by atoms with van der Waals surface area (Å²) in [6.45, 7) is 2.24. The maximum atomic E-state index is 10.9. The first-order chi connectivity index (χ1) is 10.5. The van der Waals surface area contributed by atoms with Crippen LogP contribution in [0.25, 0.3) is 6.08 Å². The molecule has 0 unspecified atom stereocenters. The Hall–Kier alpha value is -1.13. The Balaban J connectivity index is 2.16. The van der Waals surface area contributed by atoms with Crippen molar-refractivity contribution in [1.29, 1.82) is 0 Å². The van der Waals surface area contributed by atoms with Gasteiger partial charge in [-0.1, -0.05) is 76.2 Å². The molecule has 0 saturated carbocycles. The first kappa shape index (κ1) is 18.9. The first-order valence-corrected chi connectivity index (χ1v) is 9.72. The highest BCUT2D eigenvalue weighted by Gasteiger charge is 2.07. The van der Waals surface area contributed by atoms with Gasteiger partial charge in [0.1, 0.15) is 0 Å². The zero-order chi connectivity index (χ0) is 16.3. The monoisotopic (exact) mass is 324 g/mol. The second kappa shape index (κ2) is 10.6. The largest absolute Gasteiger partial charge is 0.294 e. The number of benzene rings is 1. The van der Waals surface area contributed by atoms with Crippen LogP contribution < -0.4 is 0 Å². The lowest BCUT2D eigenvalue weighted by atomic mass is 10.1. The molecule has 0 radical (unpaired) electrons. The highest BCUT2D eigenvalue weighted by molar-refractivity contribution is 7.85. The van der Waals surface area contributed by atoms with Crippen molar-refractivity contribution in [2.75, 3.05) is 0 Å². The molecular weight excluding hydrogens is 296 g/mol. The lowest BCUT2D eigenvalue weighted by molar-refractivity contribution is 0.483. The van der Waals surface area contributed by atoms with Crippen LogP contribution in [0.4, 0.5) is 0 Å². The van der Waals surface area contributed by atoms with Crippen molar-refractivity contribution in [2.24, 2.45) is 0 Å². The fourth-order valence-electron chi connectivity index (χ4n) is 2.37.